The number of ether oxygens (including phenoxy) is 2. The molecule has 0 aromatic rings. The first-order valence-corrected chi connectivity index (χ1v) is 9.17. The summed E-state index contributed by atoms with van der Waals surface area (Å²) in [6, 6.07) is 0. The summed E-state index contributed by atoms with van der Waals surface area (Å²) in [5.41, 5.74) is -0.295. The summed E-state index contributed by atoms with van der Waals surface area (Å²) in [4.78, 5) is 0. The molecule has 2 fully saturated rings. The van der Waals surface area contributed by atoms with E-state index in [0.717, 1.165) is 12.8 Å². The lowest BCUT2D eigenvalue weighted by atomic mass is 9.73. The van der Waals surface area contributed by atoms with E-state index >= 15 is 0 Å². The average Bonchev–Trinajstić information content (AvgIpc) is 3.26. The monoisotopic (exact) mass is 354 g/mol. The molecule has 1 unspecified atom stereocenters. The molecule has 0 radical (unpaired) electrons. The van der Waals surface area contributed by atoms with Gasteiger partial charge >= 0.3 is 0 Å². The zero-order valence-electron chi connectivity index (χ0n) is 15.2. The minimum Gasteiger partial charge on any atom is -0.393 e. The lowest BCUT2D eigenvalue weighted by molar-refractivity contribution is -0.190. The summed E-state index contributed by atoms with van der Waals surface area (Å²) >= 11 is 0. The fraction of sp³-hybridized carbons (Fsp3) is 0.789. The van der Waals surface area contributed by atoms with Gasteiger partial charge in [0.25, 0.3) is 0 Å². The minimum atomic E-state index is -0.866. The van der Waals surface area contributed by atoms with E-state index in [4.69, 9.17) is 9.47 Å². The molecular weight excluding hydrogens is 324 g/mol. The van der Waals surface area contributed by atoms with Gasteiger partial charge in [-0.1, -0.05) is 25.5 Å². The van der Waals surface area contributed by atoms with Crippen LogP contribution in [0.15, 0.2) is 23.3 Å². The molecule has 2 aliphatic heterocycles. The Bertz CT molecular complexity index is 568. The van der Waals surface area contributed by atoms with Gasteiger partial charge in [0.05, 0.1) is 24.4 Å². The number of aliphatic hydroxyl groups is 4. The number of rotatable bonds is 6. The van der Waals surface area contributed by atoms with Crippen molar-refractivity contribution >= 4 is 0 Å². The third kappa shape index (κ3) is 3.20. The SMILES string of the molecule is CCCC(O)C/C=C/C1=C(CO)[C@@H]2OC(C)(C)[C@@H](O)C[C@@]23O[C@H]3[C@@H]1O. The molecule has 2 saturated heterocycles. The quantitative estimate of drug-likeness (QED) is 0.527. The van der Waals surface area contributed by atoms with Crippen molar-refractivity contribution in [3.8, 4) is 0 Å². The number of epoxide rings is 1. The van der Waals surface area contributed by atoms with Gasteiger partial charge in [-0.05, 0) is 37.8 Å². The van der Waals surface area contributed by atoms with Crippen molar-refractivity contribution in [1.82, 2.24) is 0 Å². The highest BCUT2D eigenvalue weighted by Gasteiger charge is 2.72. The normalized spacial score (nSPS) is 40.8. The van der Waals surface area contributed by atoms with Crippen LogP contribution in [-0.2, 0) is 9.47 Å². The molecule has 142 valence electrons. The fourth-order valence-electron chi connectivity index (χ4n) is 4.10. The Balaban J connectivity index is 1.86. The van der Waals surface area contributed by atoms with Gasteiger partial charge in [0.1, 0.15) is 23.9 Å². The van der Waals surface area contributed by atoms with E-state index in [0.29, 0.717) is 24.0 Å². The van der Waals surface area contributed by atoms with Crippen LogP contribution in [-0.4, -0.2) is 68.8 Å². The van der Waals surface area contributed by atoms with Gasteiger partial charge in [0.15, 0.2) is 0 Å². The molecule has 0 saturated carbocycles. The van der Waals surface area contributed by atoms with E-state index in [2.05, 4.69) is 0 Å². The Labute approximate surface area is 148 Å². The van der Waals surface area contributed by atoms with Crippen LogP contribution in [0.1, 0.15) is 46.5 Å². The largest absolute Gasteiger partial charge is 0.393 e. The van der Waals surface area contributed by atoms with Crippen LogP contribution < -0.4 is 0 Å². The third-order valence-electron chi connectivity index (χ3n) is 5.74. The molecule has 1 spiro atoms. The number of hydrogen-bond donors (Lipinski definition) is 4. The molecule has 0 amide bonds. The van der Waals surface area contributed by atoms with Crippen molar-refractivity contribution in [3.63, 3.8) is 0 Å². The Morgan fingerprint density at radius 2 is 2.00 bits per heavy atom. The second kappa shape index (κ2) is 6.76. The molecule has 6 heteroatoms. The fourth-order valence-corrected chi connectivity index (χ4v) is 4.10. The van der Waals surface area contributed by atoms with E-state index in [1.165, 1.54) is 0 Å². The van der Waals surface area contributed by atoms with Gasteiger partial charge in [-0.2, -0.15) is 0 Å². The molecule has 6 atom stereocenters. The van der Waals surface area contributed by atoms with Gasteiger partial charge in [-0.3, -0.25) is 0 Å². The zero-order chi connectivity index (χ0) is 18.4. The Morgan fingerprint density at radius 3 is 2.64 bits per heavy atom. The van der Waals surface area contributed by atoms with Crippen molar-refractivity contribution in [2.24, 2.45) is 0 Å². The molecular formula is C19H30O6. The Morgan fingerprint density at radius 1 is 1.28 bits per heavy atom. The molecule has 0 bridgehead atoms. The van der Waals surface area contributed by atoms with E-state index in [1.54, 1.807) is 6.08 Å². The highest BCUT2D eigenvalue weighted by molar-refractivity contribution is 5.44. The number of hydrogen-bond acceptors (Lipinski definition) is 6. The summed E-state index contributed by atoms with van der Waals surface area (Å²) in [7, 11) is 0. The maximum atomic E-state index is 10.7. The summed E-state index contributed by atoms with van der Waals surface area (Å²) in [6.45, 7) is 5.41. The van der Waals surface area contributed by atoms with Crippen molar-refractivity contribution in [2.75, 3.05) is 6.61 Å². The molecule has 25 heavy (non-hydrogen) atoms. The van der Waals surface area contributed by atoms with Crippen LogP contribution in [0.25, 0.3) is 0 Å². The molecule has 4 N–H and O–H groups in total. The minimum absolute atomic E-state index is 0.247. The topological polar surface area (TPSA) is 103 Å². The van der Waals surface area contributed by atoms with Gasteiger partial charge in [0.2, 0.25) is 0 Å². The molecule has 2 heterocycles. The van der Waals surface area contributed by atoms with E-state index in [9.17, 15) is 20.4 Å². The predicted octanol–water partition coefficient (Wildman–Crippen LogP) is 0.823. The van der Waals surface area contributed by atoms with E-state index < -0.39 is 41.7 Å². The van der Waals surface area contributed by atoms with Crippen LogP contribution in [0, 0.1) is 0 Å². The molecule has 3 rings (SSSR count). The molecule has 3 aliphatic rings. The Hall–Kier alpha value is -0.760. The first-order chi connectivity index (χ1) is 11.8. The standard InChI is InChI=1S/C19H30O6/c1-4-6-11(21)7-5-8-12-13(10-20)16-19(17(25-19)15(12)23)9-14(22)18(2,3)24-16/h5,8,11,14-17,20-23H,4,6-7,9-10H2,1-3H3/b8-5+/t11?,14-,15+,16-,17-,19+/m0/s1. The summed E-state index contributed by atoms with van der Waals surface area (Å²) in [5, 5.41) is 40.8. The molecule has 0 aromatic heterocycles. The van der Waals surface area contributed by atoms with Gasteiger partial charge in [0, 0.05) is 6.42 Å². The van der Waals surface area contributed by atoms with Crippen LogP contribution in [0.2, 0.25) is 0 Å². The lowest BCUT2D eigenvalue weighted by Crippen LogP contribution is -2.59. The second-order valence-corrected chi connectivity index (χ2v) is 7.98. The molecule has 6 nitrogen and oxygen atoms in total. The summed E-state index contributed by atoms with van der Waals surface area (Å²) in [5.74, 6) is 0. The van der Waals surface area contributed by atoms with Crippen LogP contribution >= 0.6 is 0 Å². The first-order valence-electron chi connectivity index (χ1n) is 9.17. The van der Waals surface area contributed by atoms with E-state index in [1.807, 2.05) is 26.8 Å². The van der Waals surface area contributed by atoms with Gasteiger partial charge < -0.3 is 29.9 Å². The van der Waals surface area contributed by atoms with Crippen molar-refractivity contribution < 1.29 is 29.9 Å². The average molecular weight is 354 g/mol. The number of aliphatic hydroxyl groups excluding tert-OH is 4. The highest BCUT2D eigenvalue weighted by atomic mass is 16.7. The summed E-state index contributed by atoms with van der Waals surface area (Å²) in [6.07, 6.45) is 3.22. The van der Waals surface area contributed by atoms with Gasteiger partial charge in [-0.15, -0.1) is 0 Å². The molecule has 0 aromatic carbocycles. The van der Waals surface area contributed by atoms with Crippen molar-refractivity contribution in [3.05, 3.63) is 23.3 Å². The van der Waals surface area contributed by atoms with Crippen molar-refractivity contribution in [1.29, 1.82) is 0 Å². The summed E-state index contributed by atoms with van der Waals surface area (Å²) < 4.78 is 11.9. The van der Waals surface area contributed by atoms with Gasteiger partial charge in [-0.25, -0.2) is 0 Å². The Kier molecular flexibility index (Phi) is 5.14. The maximum absolute atomic E-state index is 10.7. The van der Waals surface area contributed by atoms with Crippen LogP contribution in [0.4, 0.5) is 0 Å². The lowest BCUT2D eigenvalue weighted by Gasteiger charge is -2.46. The third-order valence-corrected chi connectivity index (χ3v) is 5.74. The maximum Gasteiger partial charge on any atom is 0.130 e. The first kappa shape index (κ1) is 19.0. The predicted molar refractivity (Wildman–Crippen MR) is 92.0 cm³/mol. The highest BCUT2D eigenvalue weighted by Crippen LogP contribution is 2.57. The van der Waals surface area contributed by atoms with Crippen LogP contribution in [0.3, 0.4) is 0 Å². The second-order valence-electron chi connectivity index (χ2n) is 7.98. The van der Waals surface area contributed by atoms with E-state index in [-0.39, 0.29) is 6.61 Å². The van der Waals surface area contributed by atoms with Crippen LogP contribution in [0.5, 0.6) is 0 Å². The molecule has 1 aliphatic carbocycles. The zero-order valence-corrected chi connectivity index (χ0v) is 15.2. The smallest absolute Gasteiger partial charge is 0.130 e. The van der Waals surface area contributed by atoms with Crippen molar-refractivity contribution in [2.45, 2.75) is 88.2 Å².